The van der Waals surface area contributed by atoms with Gasteiger partial charge < -0.3 is 9.84 Å². The van der Waals surface area contributed by atoms with Crippen molar-refractivity contribution in [3.05, 3.63) is 127 Å². The molecule has 0 spiro atoms. The highest BCUT2D eigenvalue weighted by Crippen LogP contribution is 2.34. The second kappa shape index (κ2) is 16.0. The minimum absolute atomic E-state index is 0.0762. The summed E-state index contributed by atoms with van der Waals surface area (Å²) in [6, 6.07) is 42.5. The van der Waals surface area contributed by atoms with Crippen LogP contribution in [0.1, 0.15) is 58.8 Å². The Hall–Kier alpha value is -5.29. The maximum absolute atomic E-state index is 11.3. The summed E-state index contributed by atoms with van der Waals surface area (Å²) in [7, 11) is 0. The van der Waals surface area contributed by atoms with Gasteiger partial charge in [-0.25, -0.2) is 15.0 Å². The summed E-state index contributed by atoms with van der Waals surface area (Å²) in [4.78, 5) is 14.7. The van der Waals surface area contributed by atoms with E-state index in [1.54, 1.807) is 6.07 Å². The first-order chi connectivity index (χ1) is 23.6. The Morgan fingerprint density at radius 2 is 1.00 bits per heavy atom. The predicted molar refractivity (Wildman–Crippen MR) is 197 cm³/mol. The van der Waals surface area contributed by atoms with Crippen LogP contribution in [-0.2, 0) is 0 Å². The zero-order valence-corrected chi connectivity index (χ0v) is 27.8. The van der Waals surface area contributed by atoms with Crippen LogP contribution in [-0.4, -0.2) is 26.2 Å². The van der Waals surface area contributed by atoms with Crippen LogP contribution in [0.15, 0.2) is 127 Å². The van der Waals surface area contributed by atoms with Crippen molar-refractivity contribution < 1.29 is 9.84 Å². The lowest BCUT2D eigenvalue weighted by atomic mass is 10.0. The second-order valence-corrected chi connectivity index (χ2v) is 12.2. The topological polar surface area (TPSA) is 68.1 Å². The first kappa shape index (κ1) is 32.6. The molecule has 48 heavy (non-hydrogen) atoms. The standard InChI is InChI=1S/C43H43N3O2/c1-3-5-6-7-14-19-37(4-2)48-38-28-29-39(40(47)30-38)43-45-41(35-24-20-33(21-25-35)31-15-10-8-11-16-31)44-42(46-43)36-26-22-34(23-27-36)32-17-12-9-13-18-32/h8-13,15-18,20-30,37,47H,3-7,14,19H2,1-2H3. The Balaban J connectivity index is 1.31. The number of aromatic hydroxyl groups is 1. The summed E-state index contributed by atoms with van der Waals surface area (Å²) in [6.07, 6.45) is 8.22. The molecule has 5 aromatic carbocycles. The van der Waals surface area contributed by atoms with Crippen molar-refractivity contribution in [2.45, 2.75) is 64.9 Å². The molecule has 0 aliphatic carbocycles. The van der Waals surface area contributed by atoms with Crippen LogP contribution in [0.2, 0.25) is 0 Å². The van der Waals surface area contributed by atoms with Crippen LogP contribution in [0.25, 0.3) is 56.4 Å². The van der Waals surface area contributed by atoms with Crippen molar-refractivity contribution in [1.82, 2.24) is 15.0 Å². The van der Waals surface area contributed by atoms with E-state index in [1.807, 2.05) is 72.8 Å². The van der Waals surface area contributed by atoms with Crippen molar-refractivity contribution in [3.8, 4) is 67.9 Å². The van der Waals surface area contributed by atoms with Gasteiger partial charge in [-0.1, -0.05) is 149 Å². The second-order valence-electron chi connectivity index (χ2n) is 12.2. The van der Waals surface area contributed by atoms with Crippen LogP contribution in [0.4, 0.5) is 0 Å². The Labute approximate surface area is 284 Å². The van der Waals surface area contributed by atoms with E-state index in [2.05, 4.69) is 62.4 Å². The first-order valence-electron chi connectivity index (χ1n) is 17.2. The summed E-state index contributed by atoms with van der Waals surface area (Å²) in [5.41, 5.74) is 6.79. The maximum Gasteiger partial charge on any atom is 0.167 e. The number of hydrogen-bond donors (Lipinski definition) is 1. The maximum atomic E-state index is 11.3. The summed E-state index contributed by atoms with van der Waals surface area (Å²) in [5.74, 6) is 2.21. The van der Waals surface area contributed by atoms with Crippen LogP contribution in [0.5, 0.6) is 11.5 Å². The molecule has 0 aliphatic rings. The number of ether oxygens (including phenoxy) is 1. The van der Waals surface area contributed by atoms with Crippen LogP contribution >= 0.6 is 0 Å². The van der Waals surface area contributed by atoms with Crippen molar-refractivity contribution in [3.63, 3.8) is 0 Å². The van der Waals surface area contributed by atoms with E-state index in [0.29, 0.717) is 28.8 Å². The van der Waals surface area contributed by atoms with E-state index >= 15 is 0 Å². The monoisotopic (exact) mass is 633 g/mol. The van der Waals surface area contributed by atoms with Crippen LogP contribution < -0.4 is 4.74 Å². The fourth-order valence-electron chi connectivity index (χ4n) is 5.93. The SMILES string of the molecule is CCCCCCCC(CC)Oc1ccc(-c2nc(-c3ccc(-c4ccccc4)cc3)nc(-c3ccc(-c4ccccc4)cc3)n2)c(O)c1. The molecule has 5 heteroatoms. The summed E-state index contributed by atoms with van der Waals surface area (Å²) in [6.45, 7) is 4.39. The highest BCUT2D eigenvalue weighted by Gasteiger charge is 2.17. The number of phenolic OH excluding ortho intramolecular Hbond substituents is 1. The van der Waals surface area contributed by atoms with E-state index in [1.165, 1.54) is 25.7 Å². The number of benzene rings is 5. The van der Waals surface area contributed by atoms with Gasteiger partial charge in [0, 0.05) is 17.2 Å². The quantitative estimate of drug-likeness (QED) is 0.121. The van der Waals surface area contributed by atoms with Gasteiger partial charge in [0.2, 0.25) is 0 Å². The minimum atomic E-state index is 0.0762. The van der Waals surface area contributed by atoms with Gasteiger partial charge in [0.1, 0.15) is 11.5 Å². The molecule has 0 saturated heterocycles. The molecule has 0 radical (unpaired) electrons. The summed E-state index contributed by atoms with van der Waals surface area (Å²) >= 11 is 0. The molecule has 6 aromatic rings. The predicted octanol–water partition coefficient (Wildman–Crippen LogP) is 11.4. The number of hydrogen-bond acceptors (Lipinski definition) is 5. The molecule has 6 rings (SSSR count). The summed E-state index contributed by atoms with van der Waals surface area (Å²) < 4.78 is 6.31. The Bertz CT molecular complexity index is 1790. The normalized spacial score (nSPS) is 11.7. The lowest BCUT2D eigenvalue weighted by Gasteiger charge is -2.18. The third-order valence-corrected chi connectivity index (χ3v) is 8.73. The molecule has 1 atom stereocenters. The van der Waals surface area contributed by atoms with Gasteiger partial charge in [-0.2, -0.15) is 0 Å². The van der Waals surface area contributed by atoms with Gasteiger partial charge >= 0.3 is 0 Å². The third-order valence-electron chi connectivity index (χ3n) is 8.73. The van der Waals surface area contributed by atoms with E-state index in [9.17, 15) is 5.11 Å². The number of nitrogens with zero attached hydrogens (tertiary/aromatic N) is 3. The molecule has 1 N–H and O–H groups in total. The highest BCUT2D eigenvalue weighted by atomic mass is 16.5. The Morgan fingerprint density at radius 3 is 1.50 bits per heavy atom. The molecular formula is C43H43N3O2. The molecule has 242 valence electrons. The average Bonchev–Trinajstić information content (AvgIpc) is 3.15. The molecule has 0 fully saturated rings. The van der Waals surface area contributed by atoms with E-state index in [-0.39, 0.29) is 11.9 Å². The molecular weight excluding hydrogens is 590 g/mol. The zero-order chi connectivity index (χ0) is 33.1. The molecule has 0 aliphatic heterocycles. The molecule has 1 aromatic heterocycles. The van der Waals surface area contributed by atoms with E-state index in [4.69, 9.17) is 19.7 Å². The molecule has 0 amide bonds. The zero-order valence-electron chi connectivity index (χ0n) is 27.8. The van der Waals surface area contributed by atoms with Gasteiger partial charge in [0.15, 0.2) is 17.5 Å². The molecule has 5 nitrogen and oxygen atoms in total. The van der Waals surface area contributed by atoms with Crippen LogP contribution in [0, 0.1) is 0 Å². The molecule has 0 saturated carbocycles. The van der Waals surface area contributed by atoms with Crippen molar-refractivity contribution >= 4 is 0 Å². The highest BCUT2D eigenvalue weighted by molar-refractivity contribution is 5.73. The van der Waals surface area contributed by atoms with Gasteiger partial charge in [-0.3, -0.25) is 0 Å². The fraction of sp³-hybridized carbons (Fsp3) is 0.233. The molecule has 1 heterocycles. The van der Waals surface area contributed by atoms with E-state index < -0.39 is 0 Å². The van der Waals surface area contributed by atoms with Crippen molar-refractivity contribution in [2.75, 3.05) is 0 Å². The fourth-order valence-corrected chi connectivity index (χ4v) is 5.93. The average molecular weight is 634 g/mol. The van der Waals surface area contributed by atoms with Gasteiger partial charge in [0.05, 0.1) is 11.7 Å². The first-order valence-corrected chi connectivity index (χ1v) is 17.2. The van der Waals surface area contributed by atoms with Gasteiger partial charge in [-0.15, -0.1) is 0 Å². The number of phenols is 1. The van der Waals surface area contributed by atoms with Gasteiger partial charge in [0.25, 0.3) is 0 Å². The third kappa shape index (κ3) is 8.16. The van der Waals surface area contributed by atoms with Gasteiger partial charge in [-0.05, 0) is 53.6 Å². The minimum Gasteiger partial charge on any atom is -0.507 e. The molecule has 1 unspecified atom stereocenters. The van der Waals surface area contributed by atoms with Crippen LogP contribution in [0.3, 0.4) is 0 Å². The largest absolute Gasteiger partial charge is 0.507 e. The van der Waals surface area contributed by atoms with Crippen molar-refractivity contribution in [2.24, 2.45) is 0 Å². The Morgan fingerprint density at radius 1 is 0.521 bits per heavy atom. The van der Waals surface area contributed by atoms with E-state index in [0.717, 1.165) is 52.6 Å². The molecule has 0 bridgehead atoms. The number of unbranched alkanes of at least 4 members (excludes halogenated alkanes) is 4. The number of rotatable bonds is 14. The lowest BCUT2D eigenvalue weighted by Crippen LogP contribution is -2.15. The summed E-state index contributed by atoms with van der Waals surface area (Å²) in [5, 5.41) is 11.3. The lowest BCUT2D eigenvalue weighted by molar-refractivity contribution is 0.182. The number of aromatic nitrogens is 3. The Kier molecular flexibility index (Phi) is 10.9. The smallest absolute Gasteiger partial charge is 0.167 e. The van der Waals surface area contributed by atoms with Crippen molar-refractivity contribution in [1.29, 1.82) is 0 Å².